The maximum absolute atomic E-state index is 11.6. The van der Waals surface area contributed by atoms with Crippen molar-refractivity contribution in [3.63, 3.8) is 0 Å². The van der Waals surface area contributed by atoms with Gasteiger partial charge in [0, 0.05) is 17.6 Å². The molecule has 0 atom stereocenters. The fourth-order valence-electron chi connectivity index (χ4n) is 1.78. The first kappa shape index (κ1) is 13.5. The Labute approximate surface area is 116 Å². The van der Waals surface area contributed by atoms with Crippen LogP contribution in [0.5, 0.6) is 0 Å². The fraction of sp³-hybridized carbons (Fsp3) is 0.308. The van der Waals surface area contributed by atoms with Gasteiger partial charge in [0.15, 0.2) is 5.82 Å². The average Bonchev–Trinajstić information content (AvgIpc) is 2.70. The zero-order valence-corrected chi connectivity index (χ0v) is 11.7. The second kappa shape index (κ2) is 5.40. The first-order valence-corrected chi connectivity index (χ1v) is 6.24. The molecule has 1 aromatic heterocycles. The van der Waals surface area contributed by atoms with Crippen LogP contribution in [0.4, 0.5) is 0 Å². The molecule has 2 rings (SSSR count). The van der Waals surface area contributed by atoms with Gasteiger partial charge in [0.2, 0.25) is 0 Å². The van der Waals surface area contributed by atoms with Crippen LogP contribution in [0.2, 0.25) is 5.02 Å². The van der Waals surface area contributed by atoms with Gasteiger partial charge in [-0.05, 0) is 37.6 Å². The molecule has 0 aliphatic heterocycles. The summed E-state index contributed by atoms with van der Waals surface area (Å²) in [7, 11) is 1.72. The Morgan fingerprint density at radius 3 is 2.79 bits per heavy atom. The molecule has 6 heteroatoms. The third kappa shape index (κ3) is 2.93. The Morgan fingerprint density at radius 1 is 1.42 bits per heavy atom. The molecule has 19 heavy (non-hydrogen) atoms. The summed E-state index contributed by atoms with van der Waals surface area (Å²) >= 11 is 6.02. The number of aryl methyl sites for hydroxylation is 2. The number of benzene rings is 1. The van der Waals surface area contributed by atoms with Gasteiger partial charge in [0.05, 0.1) is 6.61 Å². The van der Waals surface area contributed by atoms with Crippen LogP contribution < -0.4 is 0 Å². The molecule has 0 N–H and O–H groups in total. The number of hydrogen-bond acceptors (Lipinski definition) is 4. The first-order valence-electron chi connectivity index (χ1n) is 5.87. The summed E-state index contributed by atoms with van der Waals surface area (Å²) in [5.41, 5.74) is 1.83. The highest BCUT2D eigenvalue weighted by Crippen LogP contribution is 2.23. The smallest absolute Gasteiger partial charge is 0.378 e. The molecular weight excluding hydrogens is 266 g/mol. The summed E-state index contributed by atoms with van der Waals surface area (Å²) in [6.45, 7) is 3.97. The summed E-state index contributed by atoms with van der Waals surface area (Å²) in [6, 6.07) is 5.58. The van der Waals surface area contributed by atoms with E-state index in [1.54, 1.807) is 20.0 Å². The Bertz CT molecular complexity index is 602. The van der Waals surface area contributed by atoms with Gasteiger partial charge in [0.25, 0.3) is 5.82 Å². The summed E-state index contributed by atoms with van der Waals surface area (Å²) < 4.78 is 6.42. The molecule has 0 fully saturated rings. The second-order valence-corrected chi connectivity index (χ2v) is 4.56. The number of aromatic nitrogens is 3. The van der Waals surface area contributed by atoms with Crippen molar-refractivity contribution in [2.45, 2.75) is 13.8 Å². The Balaban J connectivity index is 2.42. The highest BCUT2D eigenvalue weighted by Gasteiger charge is 2.17. The molecule has 0 unspecified atom stereocenters. The first-order chi connectivity index (χ1) is 9.01. The summed E-state index contributed by atoms with van der Waals surface area (Å²) in [5.74, 6) is 0.105. The molecule has 0 saturated heterocycles. The highest BCUT2D eigenvalue weighted by atomic mass is 35.5. The minimum atomic E-state index is -0.525. The molecule has 0 amide bonds. The van der Waals surface area contributed by atoms with E-state index in [0.29, 0.717) is 17.5 Å². The summed E-state index contributed by atoms with van der Waals surface area (Å²) in [6.07, 6.45) is 0. The van der Waals surface area contributed by atoms with Crippen molar-refractivity contribution in [3.05, 3.63) is 34.6 Å². The number of ether oxygens (including phenoxy) is 1. The minimum absolute atomic E-state index is 0.0528. The zero-order chi connectivity index (χ0) is 14.0. The molecular formula is C13H14ClN3O2. The predicted molar refractivity (Wildman–Crippen MR) is 72.1 cm³/mol. The normalized spacial score (nSPS) is 10.5. The zero-order valence-electron chi connectivity index (χ0n) is 11.0. The van der Waals surface area contributed by atoms with Crippen molar-refractivity contribution in [2.75, 3.05) is 6.61 Å². The molecule has 0 aliphatic carbocycles. The topological polar surface area (TPSA) is 57.0 Å². The van der Waals surface area contributed by atoms with Gasteiger partial charge < -0.3 is 4.74 Å². The molecule has 0 aliphatic rings. The third-order valence-corrected chi connectivity index (χ3v) is 2.74. The van der Waals surface area contributed by atoms with E-state index in [1.807, 2.05) is 19.1 Å². The van der Waals surface area contributed by atoms with Crippen LogP contribution in [-0.4, -0.2) is 27.3 Å². The number of carbonyl (C=O) groups is 1. The van der Waals surface area contributed by atoms with Crippen LogP contribution >= 0.6 is 11.6 Å². The van der Waals surface area contributed by atoms with E-state index in [-0.39, 0.29) is 5.82 Å². The van der Waals surface area contributed by atoms with Gasteiger partial charge in [-0.1, -0.05) is 11.6 Å². The van der Waals surface area contributed by atoms with Crippen molar-refractivity contribution in [2.24, 2.45) is 7.05 Å². The van der Waals surface area contributed by atoms with Crippen LogP contribution in [0, 0.1) is 6.92 Å². The fourth-order valence-corrected chi connectivity index (χ4v) is 2.07. The maximum Gasteiger partial charge on any atom is 0.378 e. The molecule has 0 spiro atoms. The standard InChI is InChI=1S/C13H14ClN3O2/c1-4-19-13(18)11-15-12(17(3)16-11)9-5-8(2)6-10(14)7-9/h5-7H,4H2,1-3H3. The van der Waals surface area contributed by atoms with Crippen LogP contribution in [0.25, 0.3) is 11.4 Å². The van der Waals surface area contributed by atoms with E-state index in [1.165, 1.54) is 4.68 Å². The molecule has 0 saturated carbocycles. The molecule has 1 aromatic carbocycles. The van der Waals surface area contributed by atoms with Crippen LogP contribution in [0.1, 0.15) is 23.1 Å². The SMILES string of the molecule is CCOC(=O)c1nc(-c2cc(C)cc(Cl)c2)n(C)n1. The number of halogens is 1. The average molecular weight is 280 g/mol. The molecule has 2 aromatic rings. The van der Waals surface area contributed by atoms with E-state index >= 15 is 0 Å². The molecule has 5 nitrogen and oxygen atoms in total. The Morgan fingerprint density at radius 2 is 2.16 bits per heavy atom. The minimum Gasteiger partial charge on any atom is -0.460 e. The summed E-state index contributed by atoms with van der Waals surface area (Å²) in [4.78, 5) is 15.8. The van der Waals surface area contributed by atoms with E-state index in [2.05, 4.69) is 10.1 Å². The van der Waals surface area contributed by atoms with Gasteiger partial charge in [-0.3, -0.25) is 0 Å². The molecule has 0 bridgehead atoms. The number of nitrogens with zero attached hydrogens (tertiary/aromatic N) is 3. The van der Waals surface area contributed by atoms with Crippen LogP contribution in [0.15, 0.2) is 18.2 Å². The Kier molecular flexibility index (Phi) is 3.85. The van der Waals surface area contributed by atoms with Gasteiger partial charge in [-0.2, -0.15) is 0 Å². The molecule has 1 heterocycles. The van der Waals surface area contributed by atoms with Crippen molar-refractivity contribution in [1.29, 1.82) is 0 Å². The summed E-state index contributed by atoms with van der Waals surface area (Å²) in [5, 5.41) is 4.67. The Hall–Kier alpha value is -1.88. The highest BCUT2D eigenvalue weighted by molar-refractivity contribution is 6.30. The van der Waals surface area contributed by atoms with Crippen molar-refractivity contribution < 1.29 is 9.53 Å². The van der Waals surface area contributed by atoms with E-state index in [4.69, 9.17) is 16.3 Å². The lowest BCUT2D eigenvalue weighted by Crippen LogP contribution is -2.07. The van der Waals surface area contributed by atoms with Crippen LogP contribution in [-0.2, 0) is 11.8 Å². The molecule has 100 valence electrons. The second-order valence-electron chi connectivity index (χ2n) is 4.12. The number of carbonyl (C=O) groups excluding carboxylic acids is 1. The van der Waals surface area contributed by atoms with E-state index in [9.17, 15) is 4.79 Å². The van der Waals surface area contributed by atoms with Gasteiger partial charge in [-0.15, -0.1) is 5.10 Å². The van der Waals surface area contributed by atoms with Gasteiger partial charge in [0.1, 0.15) is 0 Å². The molecule has 0 radical (unpaired) electrons. The quantitative estimate of drug-likeness (QED) is 0.811. The predicted octanol–water partition coefficient (Wildman–Crippen LogP) is 2.62. The van der Waals surface area contributed by atoms with E-state index in [0.717, 1.165) is 11.1 Å². The lowest BCUT2D eigenvalue weighted by molar-refractivity contribution is 0.0512. The largest absolute Gasteiger partial charge is 0.460 e. The maximum atomic E-state index is 11.6. The number of esters is 1. The third-order valence-electron chi connectivity index (χ3n) is 2.52. The van der Waals surface area contributed by atoms with Crippen molar-refractivity contribution in [3.8, 4) is 11.4 Å². The van der Waals surface area contributed by atoms with Crippen molar-refractivity contribution in [1.82, 2.24) is 14.8 Å². The monoisotopic (exact) mass is 279 g/mol. The number of rotatable bonds is 3. The van der Waals surface area contributed by atoms with Crippen molar-refractivity contribution >= 4 is 17.6 Å². The van der Waals surface area contributed by atoms with E-state index < -0.39 is 5.97 Å². The lowest BCUT2D eigenvalue weighted by Gasteiger charge is -2.02. The van der Waals surface area contributed by atoms with Gasteiger partial charge in [-0.25, -0.2) is 14.5 Å². The lowest BCUT2D eigenvalue weighted by atomic mass is 10.1. The number of hydrogen-bond donors (Lipinski definition) is 0. The van der Waals surface area contributed by atoms with Gasteiger partial charge >= 0.3 is 5.97 Å². The van der Waals surface area contributed by atoms with Crippen LogP contribution in [0.3, 0.4) is 0 Å².